The number of hydrogen-bond donors (Lipinski definition) is 2. The Kier molecular flexibility index (Phi) is 5.44. The second kappa shape index (κ2) is 5.56. The molecule has 0 bridgehead atoms. The normalized spacial score (nSPS) is 13.3. The molecule has 2 nitrogen and oxygen atoms in total. The average Bonchev–Trinajstić information content (AvgIpc) is 2.11. The Balaban J connectivity index is 4.21. The van der Waals surface area contributed by atoms with E-state index in [1.54, 1.807) is 0 Å². The van der Waals surface area contributed by atoms with Gasteiger partial charge in [0.1, 0.15) is 0 Å². The largest absolute Gasteiger partial charge is 0.389 e. The van der Waals surface area contributed by atoms with Gasteiger partial charge >= 0.3 is 6.18 Å². The third-order valence-corrected chi connectivity index (χ3v) is 2.59. The monoisotopic (exact) mass is 212 g/mol. The summed E-state index contributed by atoms with van der Waals surface area (Å²) in [5, 5.41) is 0. The first kappa shape index (κ1) is 13.7. The maximum Gasteiger partial charge on any atom is 0.389 e. The summed E-state index contributed by atoms with van der Waals surface area (Å²) < 4.78 is 36.1. The van der Waals surface area contributed by atoms with Gasteiger partial charge in [-0.3, -0.25) is 0 Å². The van der Waals surface area contributed by atoms with Gasteiger partial charge in [0.2, 0.25) is 0 Å². The van der Waals surface area contributed by atoms with Gasteiger partial charge < -0.3 is 11.5 Å². The first-order chi connectivity index (χ1) is 6.39. The van der Waals surface area contributed by atoms with E-state index in [4.69, 9.17) is 11.5 Å². The van der Waals surface area contributed by atoms with Crippen molar-refractivity contribution in [2.75, 3.05) is 13.1 Å². The van der Waals surface area contributed by atoms with Crippen LogP contribution in [0.2, 0.25) is 0 Å². The van der Waals surface area contributed by atoms with Crippen molar-refractivity contribution in [2.45, 2.75) is 38.8 Å². The summed E-state index contributed by atoms with van der Waals surface area (Å²) in [6.45, 7) is 2.38. The molecule has 0 rings (SSSR count). The molecular weight excluding hydrogens is 193 g/mol. The second-order valence-corrected chi connectivity index (χ2v) is 3.77. The Morgan fingerprint density at radius 1 is 0.929 bits per heavy atom. The average molecular weight is 212 g/mol. The van der Waals surface area contributed by atoms with Crippen molar-refractivity contribution in [2.24, 2.45) is 16.9 Å². The van der Waals surface area contributed by atoms with Gasteiger partial charge in [-0.15, -0.1) is 0 Å². The quantitative estimate of drug-likeness (QED) is 0.707. The zero-order valence-electron chi connectivity index (χ0n) is 8.53. The summed E-state index contributed by atoms with van der Waals surface area (Å²) in [6.07, 6.45) is -3.38. The summed E-state index contributed by atoms with van der Waals surface area (Å²) in [7, 11) is 0. The first-order valence-corrected chi connectivity index (χ1v) is 4.86. The zero-order chi connectivity index (χ0) is 11.2. The van der Waals surface area contributed by atoms with Crippen LogP contribution in [-0.2, 0) is 0 Å². The molecule has 14 heavy (non-hydrogen) atoms. The smallest absolute Gasteiger partial charge is 0.330 e. The lowest BCUT2D eigenvalue weighted by Crippen LogP contribution is -2.38. The Morgan fingerprint density at radius 2 is 1.43 bits per heavy atom. The van der Waals surface area contributed by atoms with E-state index in [0.29, 0.717) is 6.42 Å². The molecule has 0 aliphatic heterocycles. The number of rotatable bonds is 6. The molecule has 0 fully saturated rings. The van der Waals surface area contributed by atoms with Crippen molar-refractivity contribution in [1.82, 2.24) is 0 Å². The van der Waals surface area contributed by atoms with Crippen LogP contribution in [-0.4, -0.2) is 19.3 Å². The molecule has 0 amide bonds. The van der Waals surface area contributed by atoms with Crippen LogP contribution in [0.3, 0.4) is 0 Å². The highest BCUT2D eigenvalue weighted by Gasteiger charge is 2.34. The van der Waals surface area contributed by atoms with Crippen molar-refractivity contribution in [3.63, 3.8) is 0 Å². The van der Waals surface area contributed by atoms with Gasteiger partial charge in [0.15, 0.2) is 0 Å². The summed E-state index contributed by atoms with van der Waals surface area (Å²) in [6, 6.07) is 0. The summed E-state index contributed by atoms with van der Waals surface area (Å²) in [5.41, 5.74) is 10.4. The van der Waals surface area contributed by atoms with Crippen LogP contribution in [0.5, 0.6) is 0 Å². The fourth-order valence-corrected chi connectivity index (χ4v) is 1.55. The lowest BCUT2D eigenvalue weighted by atomic mass is 9.79. The van der Waals surface area contributed by atoms with E-state index in [1.165, 1.54) is 0 Å². The van der Waals surface area contributed by atoms with E-state index in [9.17, 15) is 13.2 Å². The molecule has 0 saturated carbocycles. The summed E-state index contributed by atoms with van der Waals surface area (Å²) in [4.78, 5) is 0. The molecule has 0 saturated heterocycles. The van der Waals surface area contributed by atoms with E-state index in [2.05, 4.69) is 0 Å². The highest BCUT2D eigenvalue weighted by atomic mass is 19.4. The summed E-state index contributed by atoms with van der Waals surface area (Å²) in [5.74, 6) is 0. The Morgan fingerprint density at radius 3 is 1.71 bits per heavy atom. The molecular formula is C9H19F3N2. The molecule has 0 radical (unpaired) electrons. The van der Waals surface area contributed by atoms with E-state index >= 15 is 0 Å². The van der Waals surface area contributed by atoms with Crippen LogP contribution >= 0.6 is 0 Å². The van der Waals surface area contributed by atoms with Crippen molar-refractivity contribution >= 4 is 0 Å². The third kappa shape index (κ3) is 4.81. The predicted molar refractivity (Wildman–Crippen MR) is 50.7 cm³/mol. The minimum absolute atomic E-state index is 0.0390. The van der Waals surface area contributed by atoms with Crippen LogP contribution in [0.25, 0.3) is 0 Å². The second-order valence-electron chi connectivity index (χ2n) is 3.77. The highest BCUT2D eigenvalue weighted by molar-refractivity contribution is 4.81. The van der Waals surface area contributed by atoms with E-state index in [0.717, 1.165) is 6.42 Å². The molecule has 0 aromatic heterocycles. The number of hydrogen-bond acceptors (Lipinski definition) is 2. The molecule has 5 heteroatoms. The highest BCUT2D eigenvalue weighted by Crippen LogP contribution is 2.32. The fourth-order valence-electron chi connectivity index (χ4n) is 1.55. The minimum atomic E-state index is -4.11. The van der Waals surface area contributed by atoms with Gasteiger partial charge in [0.25, 0.3) is 0 Å². The SMILES string of the molecule is CCCC(CN)(CN)CCC(F)(F)F. The van der Waals surface area contributed by atoms with Crippen LogP contribution in [0.15, 0.2) is 0 Å². The molecule has 0 aliphatic carbocycles. The van der Waals surface area contributed by atoms with Gasteiger partial charge in [0.05, 0.1) is 0 Å². The summed E-state index contributed by atoms with van der Waals surface area (Å²) >= 11 is 0. The molecule has 0 atom stereocenters. The van der Waals surface area contributed by atoms with Crippen molar-refractivity contribution < 1.29 is 13.2 Å². The van der Waals surface area contributed by atoms with Gasteiger partial charge in [-0.05, 0) is 31.3 Å². The van der Waals surface area contributed by atoms with Crippen LogP contribution in [0.1, 0.15) is 32.6 Å². The number of halogens is 3. The van der Waals surface area contributed by atoms with E-state index < -0.39 is 18.0 Å². The zero-order valence-corrected chi connectivity index (χ0v) is 8.53. The van der Waals surface area contributed by atoms with Crippen molar-refractivity contribution in [3.05, 3.63) is 0 Å². The van der Waals surface area contributed by atoms with Gasteiger partial charge in [-0.25, -0.2) is 0 Å². The van der Waals surface area contributed by atoms with Gasteiger partial charge in [-0.1, -0.05) is 13.3 Å². The maximum absolute atomic E-state index is 12.0. The lowest BCUT2D eigenvalue weighted by molar-refractivity contribution is -0.140. The maximum atomic E-state index is 12.0. The van der Waals surface area contributed by atoms with Gasteiger partial charge in [0, 0.05) is 6.42 Å². The van der Waals surface area contributed by atoms with Crippen molar-refractivity contribution in [3.8, 4) is 0 Å². The Labute approximate surface area is 82.8 Å². The van der Waals surface area contributed by atoms with Crippen LogP contribution in [0.4, 0.5) is 13.2 Å². The molecule has 0 spiro atoms. The number of alkyl halides is 3. The Bertz CT molecular complexity index is 153. The lowest BCUT2D eigenvalue weighted by Gasteiger charge is -2.31. The molecule has 0 aromatic rings. The van der Waals surface area contributed by atoms with Crippen LogP contribution in [0, 0.1) is 5.41 Å². The molecule has 0 heterocycles. The molecule has 0 aliphatic rings. The molecule has 86 valence electrons. The Hall–Kier alpha value is -0.290. The predicted octanol–water partition coefficient (Wildman–Crippen LogP) is 2.03. The molecule has 4 N–H and O–H groups in total. The van der Waals surface area contributed by atoms with Gasteiger partial charge in [-0.2, -0.15) is 13.2 Å². The minimum Gasteiger partial charge on any atom is -0.330 e. The standard InChI is InChI=1S/C9H19F3N2/c1-2-3-8(6-13,7-14)4-5-9(10,11)12/h2-7,13-14H2,1H3. The first-order valence-electron chi connectivity index (χ1n) is 4.86. The molecule has 0 unspecified atom stereocenters. The van der Waals surface area contributed by atoms with Crippen molar-refractivity contribution in [1.29, 1.82) is 0 Å². The number of nitrogens with two attached hydrogens (primary N) is 2. The topological polar surface area (TPSA) is 52.0 Å². The van der Waals surface area contributed by atoms with Crippen LogP contribution < -0.4 is 11.5 Å². The third-order valence-electron chi connectivity index (χ3n) is 2.59. The fraction of sp³-hybridized carbons (Fsp3) is 1.00. The molecule has 0 aromatic carbocycles. The van der Waals surface area contributed by atoms with E-state index in [-0.39, 0.29) is 19.5 Å². The van der Waals surface area contributed by atoms with E-state index in [1.807, 2.05) is 6.92 Å².